The fraction of sp³-hybridized carbons (Fsp3) is 0.583. The van der Waals surface area contributed by atoms with E-state index in [1.807, 2.05) is 0 Å². The highest BCUT2D eigenvalue weighted by Gasteiger charge is 2.18. The van der Waals surface area contributed by atoms with Crippen molar-refractivity contribution in [3.05, 3.63) is 23.5 Å². The smallest absolute Gasteiger partial charge is 0.243 e. The second kappa shape index (κ2) is 6.65. The zero-order chi connectivity index (χ0) is 13.7. The number of ether oxygens (including phenoxy) is 1. The number of pyridine rings is 1. The molecule has 0 radical (unpaired) electrons. The quantitative estimate of drug-likeness (QED) is 0.816. The molecule has 1 aliphatic carbocycles. The lowest BCUT2D eigenvalue weighted by Gasteiger charge is -2.12. The summed E-state index contributed by atoms with van der Waals surface area (Å²) in [4.78, 5) is 3.77. The number of rotatable bonds is 6. The van der Waals surface area contributed by atoms with Gasteiger partial charge in [0.25, 0.3) is 0 Å². The van der Waals surface area contributed by atoms with Gasteiger partial charge in [0, 0.05) is 18.9 Å². The van der Waals surface area contributed by atoms with Gasteiger partial charge in [-0.25, -0.2) is 13.1 Å². The average Bonchev–Trinajstić information content (AvgIpc) is 2.88. The maximum atomic E-state index is 12.0. The van der Waals surface area contributed by atoms with Crippen molar-refractivity contribution in [2.24, 2.45) is 0 Å². The highest BCUT2D eigenvalue weighted by Crippen LogP contribution is 2.21. The molecule has 0 spiro atoms. The van der Waals surface area contributed by atoms with E-state index in [0.29, 0.717) is 6.61 Å². The topological polar surface area (TPSA) is 68.3 Å². The lowest BCUT2D eigenvalue weighted by Crippen LogP contribution is -2.28. The van der Waals surface area contributed by atoms with Crippen LogP contribution in [-0.2, 0) is 14.8 Å². The van der Waals surface area contributed by atoms with Gasteiger partial charge < -0.3 is 4.74 Å². The van der Waals surface area contributed by atoms with E-state index in [9.17, 15) is 8.42 Å². The SMILES string of the molecule is O=S(=O)(NCCOC1CCCC1)c1cnccc1Cl. The predicted octanol–water partition coefficient (Wildman–Crippen LogP) is 1.97. The van der Waals surface area contributed by atoms with E-state index in [1.165, 1.54) is 31.3 Å². The van der Waals surface area contributed by atoms with Crippen molar-refractivity contribution in [3.8, 4) is 0 Å². The summed E-state index contributed by atoms with van der Waals surface area (Å²) in [6.45, 7) is 0.617. The van der Waals surface area contributed by atoms with Gasteiger partial charge in [0.15, 0.2) is 0 Å². The molecule has 0 aliphatic heterocycles. The van der Waals surface area contributed by atoms with Crippen LogP contribution in [0.25, 0.3) is 0 Å². The molecule has 0 saturated heterocycles. The summed E-state index contributed by atoms with van der Waals surface area (Å²) in [7, 11) is -3.61. The van der Waals surface area contributed by atoms with Crippen LogP contribution in [0.4, 0.5) is 0 Å². The summed E-state index contributed by atoms with van der Waals surface area (Å²) >= 11 is 5.83. The minimum Gasteiger partial charge on any atom is -0.377 e. The van der Waals surface area contributed by atoms with Crippen molar-refractivity contribution >= 4 is 21.6 Å². The maximum absolute atomic E-state index is 12.0. The molecule has 0 atom stereocenters. The number of hydrogen-bond acceptors (Lipinski definition) is 4. The molecular weight excluding hydrogens is 288 g/mol. The average molecular weight is 305 g/mol. The number of nitrogens with one attached hydrogen (secondary N) is 1. The molecule has 0 amide bonds. The summed E-state index contributed by atoms with van der Waals surface area (Å²) in [6, 6.07) is 1.45. The number of hydrogen-bond donors (Lipinski definition) is 1. The first-order chi connectivity index (χ1) is 9.09. The first kappa shape index (κ1) is 14.7. The van der Waals surface area contributed by atoms with Crippen molar-refractivity contribution in [1.82, 2.24) is 9.71 Å². The zero-order valence-electron chi connectivity index (χ0n) is 10.5. The third-order valence-electron chi connectivity index (χ3n) is 3.07. The molecule has 1 aromatic rings. The van der Waals surface area contributed by atoms with Crippen LogP contribution in [0.15, 0.2) is 23.4 Å². The van der Waals surface area contributed by atoms with Crippen LogP contribution in [0.5, 0.6) is 0 Å². The van der Waals surface area contributed by atoms with Gasteiger partial charge >= 0.3 is 0 Å². The van der Waals surface area contributed by atoms with E-state index in [4.69, 9.17) is 16.3 Å². The molecule has 1 saturated carbocycles. The Morgan fingerprint density at radius 1 is 1.42 bits per heavy atom. The Bertz CT molecular complexity index is 515. The Hall–Kier alpha value is -0.690. The molecule has 106 valence electrons. The highest BCUT2D eigenvalue weighted by atomic mass is 35.5. The van der Waals surface area contributed by atoms with Gasteiger partial charge in [-0.05, 0) is 18.9 Å². The minimum atomic E-state index is -3.61. The summed E-state index contributed by atoms with van der Waals surface area (Å²) in [6.07, 6.45) is 7.50. The van der Waals surface area contributed by atoms with Crippen LogP contribution >= 0.6 is 11.6 Å². The molecule has 19 heavy (non-hydrogen) atoms. The van der Waals surface area contributed by atoms with Gasteiger partial charge in [-0.15, -0.1) is 0 Å². The van der Waals surface area contributed by atoms with Crippen molar-refractivity contribution in [1.29, 1.82) is 0 Å². The van der Waals surface area contributed by atoms with Gasteiger partial charge in [-0.3, -0.25) is 4.98 Å². The third kappa shape index (κ3) is 4.14. The normalized spacial score (nSPS) is 16.9. The van der Waals surface area contributed by atoms with Gasteiger partial charge in [-0.2, -0.15) is 0 Å². The third-order valence-corrected chi connectivity index (χ3v) is 5.00. The van der Waals surface area contributed by atoms with Gasteiger partial charge in [0.05, 0.1) is 17.7 Å². The Kier molecular flexibility index (Phi) is 5.15. The van der Waals surface area contributed by atoms with E-state index in [-0.39, 0.29) is 22.6 Å². The fourth-order valence-corrected chi connectivity index (χ4v) is 3.54. The van der Waals surface area contributed by atoms with Crippen molar-refractivity contribution in [2.45, 2.75) is 36.7 Å². The molecule has 2 rings (SSSR count). The second-order valence-electron chi connectivity index (χ2n) is 4.48. The van der Waals surface area contributed by atoms with Crippen LogP contribution < -0.4 is 4.72 Å². The summed E-state index contributed by atoms with van der Waals surface area (Å²) in [5, 5.41) is 0.166. The molecule has 0 aromatic carbocycles. The van der Waals surface area contributed by atoms with E-state index >= 15 is 0 Å². The van der Waals surface area contributed by atoms with E-state index in [1.54, 1.807) is 0 Å². The molecule has 1 aliphatic rings. The highest BCUT2D eigenvalue weighted by molar-refractivity contribution is 7.89. The number of aromatic nitrogens is 1. The standard InChI is InChI=1S/C12H17ClN2O3S/c13-11-5-6-14-9-12(11)19(16,17)15-7-8-18-10-3-1-2-4-10/h5-6,9-10,15H,1-4,7-8H2. The summed E-state index contributed by atoms with van der Waals surface area (Å²) < 4.78 is 32.0. The number of nitrogens with zero attached hydrogens (tertiary/aromatic N) is 1. The lowest BCUT2D eigenvalue weighted by atomic mass is 10.3. The lowest BCUT2D eigenvalue weighted by molar-refractivity contribution is 0.0626. The molecule has 0 unspecified atom stereocenters. The molecule has 1 N–H and O–H groups in total. The van der Waals surface area contributed by atoms with Gasteiger partial charge in [-0.1, -0.05) is 24.4 Å². The Morgan fingerprint density at radius 2 is 2.16 bits per heavy atom. The Morgan fingerprint density at radius 3 is 2.84 bits per heavy atom. The molecule has 1 aromatic heterocycles. The Balaban J connectivity index is 1.82. The Labute approximate surface area is 118 Å². The molecule has 7 heteroatoms. The summed E-state index contributed by atoms with van der Waals surface area (Å²) in [5.41, 5.74) is 0. The van der Waals surface area contributed by atoms with Crippen LogP contribution in [0.2, 0.25) is 5.02 Å². The van der Waals surface area contributed by atoms with E-state index in [0.717, 1.165) is 12.8 Å². The van der Waals surface area contributed by atoms with Crippen molar-refractivity contribution in [2.75, 3.05) is 13.2 Å². The fourth-order valence-electron chi connectivity index (χ4n) is 2.10. The predicted molar refractivity (Wildman–Crippen MR) is 72.6 cm³/mol. The van der Waals surface area contributed by atoms with Gasteiger partial charge in [0.2, 0.25) is 10.0 Å². The van der Waals surface area contributed by atoms with E-state index in [2.05, 4.69) is 9.71 Å². The number of halogens is 1. The van der Waals surface area contributed by atoms with Crippen LogP contribution in [-0.4, -0.2) is 32.7 Å². The van der Waals surface area contributed by atoms with Crippen molar-refractivity contribution in [3.63, 3.8) is 0 Å². The minimum absolute atomic E-state index is 0.00228. The van der Waals surface area contributed by atoms with E-state index < -0.39 is 10.0 Å². The summed E-state index contributed by atoms with van der Waals surface area (Å²) in [5.74, 6) is 0. The molecule has 1 heterocycles. The zero-order valence-corrected chi connectivity index (χ0v) is 12.1. The second-order valence-corrected chi connectivity index (χ2v) is 6.62. The van der Waals surface area contributed by atoms with Crippen LogP contribution in [0, 0.1) is 0 Å². The van der Waals surface area contributed by atoms with Crippen LogP contribution in [0.1, 0.15) is 25.7 Å². The maximum Gasteiger partial charge on any atom is 0.243 e. The largest absolute Gasteiger partial charge is 0.377 e. The molecule has 1 fully saturated rings. The number of sulfonamides is 1. The monoisotopic (exact) mass is 304 g/mol. The molecular formula is C12H17ClN2O3S. The first-order valence-electron chi connectivity index (χ1n) is 6.30. The first-order valence-corrected chi connectivity index (χ1v) is 8.16. The molecule has 0 bridgehead atoms. The van der Waals surface area contributed by atoms with Crippen molar-refractivity contribution < 1.29 is 13.2 Å². The van der Waals surface area contributed by atoms with Gasteiger partial charge in [0.1, 0.15) is 4.90 Å². The van der Waals surface area contributed by atoms with Crippen LogP contribution in [0.3, 0.4) is 0 Å². The molecule has 5 nitrogen and oxygen atoms in total.